The number of ether oxygens (including phenoxy) is 1. The summed E-state index contributed by atoms with van der Waals surface area (Å²) in [6, 6.07) is 22.7. The highest BCUT2D eigenvalue weighted by atomic mass is 32.2. The molecular weight excluding hydrogens is 362 g/mol. The largest absolute Gasteiger partial charge is 0.497 e. The van der Waals surface area contributed by atoms with E-state index in [9.17, 15) is 8.42 Å². The van der Waals surface area contributed by atoms with Gasteiger partial charge in [-0.3, -0.25) is 10.1 Å². The molecule has 0 spiro atoms. The molecule has 3 rings (SSSR count). The number of hydrogen-bond acceptors (Lipinski definition) is 5. The lowest BCUT2D eigenvalue weighted by Gasteiger charge is -2.09. The van der Waals surface area contributed by atoms with E-state index in [1.54, 1.807) is 42.6 Å². The molecule has 0 aromatic heterocycles. The first kappa shape index (κ1) is 18.5. The molecule has 0 aliphatic rings. The number of hydrogen-bond donors (Lipinski definition) is 2. The van der Waals surface area contributed by atoms with Crippen molar-refractivity contribution in [2.45, 2.75) is 4.90 Å². The average Bonchev–Trinajstić information content (AvgIpc) is 2.70. The first-order chi connectivity index (χ1) is 13.1. The van der Waals surface area contributed by atoms with Gasteiger partial charge in [0.2, 0.25) is 0 Å². The van der Waals surface area contributed by atoms with Gasteiger partial charge in [0.05, 0.1) is 23.9 Å². The van der Waals surface area contributed by atoms with Crippen LogP contribution < -0.4 is 14.9 Å². The lowest BCUT2D eigenvalue weighted by atomic mass is 10.2. The Morgan fingerprint density at radius 2 is 1.48 bits per heavy atom. The van der Waals surface area contributed by atoms with E-state index in [1.165, 1.54) is 19.2 Å². The van der Waals surface area contributed by atoms with Crippen molar-refractivity contribution in [1.29, 1.82) is 0 Å². The first-order valence-corrected chi connectivity index (χ1v) is 9.66. The number of sulfonamides is 1. The van der Waals surface area contributed by atoms with Crippen LogP contribution in [-0.4, -0.2) is 21.7 Å². The van der Waals surface area contributed by atoms with Crippen LogP contribution in [-0.2, 0) is 10.0 Å². The molecule has 0 radical (unpaired) electrons. The van der Waals surface area contributed by atoms with Gasteiger partial charge in [-0.2, -0.15) is 5.10 Å². The molecule has 2 N–H and O–H groups in total. The Morgan fingerprint density at radius 1 is 0.852 bits per heavy atom. The van der Waals surface area contributed by atoms with Crippen molar-refractivity contribution >= 4 is 27.6 Å². The smallest absolute Gasteiger partial charge is 0.261 e. The van der Waals surface area contributed by atoms with Gasteiger partial charge in [-0.1, -0.05) is 30.3 Å². The number of benzene rings is 3. The summed E-state index contributed by atoms with van der Waals surface area (Å²) in [7, 11) is -2.13. The Bertz CT molecular complexity index is 1000. The molecule has 0 bridgehead atoms. The van der Waals surface area contributed by atoms with Crippen LogP contribution in [0.4, 0.5) is 11.4 Å². The van der Waals surface area contributed by atoms with Gasteiger partial charge < -0.3 is 4.74 Å². The number of methoxy groups -OCH3 is 1. The lowest BCUT2D eigenvalue weighted by molar-refractivity contribution is 0.414. The molecular formula is C20H19N3O3S. The highest BCUT2D eigenvalue weighted by Crippen LogP contribution is 2.20. The molecule has 0 amide bonds. The highest BCUT2D eigenvalue weighted by molar-refractivity contribution is 7.92. The number of anilines is 2. The topological polar surface area (TPSA) is 79.8 Å². The maximum absolute atomic E-state index is 12.4. The molecule has 0 unspecified atom stereocenters. The first-order valence-electron chi connectivity index (χ1n) is 8.18. The fourth-order valence-electron chi connectivity index (χ4n) is 2.30. The van der Waals surface area contributed by atoms with Gasteiger partial charge in [0.25, 0.3) is 10.0 Å². The zero-order chi connectivity index (χ0) is 19.1. The molecule has 3 aromatic rings. The molecule has 0 heterocycles. The summed E-state index contributed by atoms with van der Waals surface area (Å²) in [4.78, 5) is 0.165. The van der Waals surface area contributed by atoms with Crippen molar-refractivity contribution in [2.24, 2.45) is 5.10 Å². The fraction of sp³-hybridized carbons (Fsp3) is 0.0500. The van der Waals surface area contributed by atoms with Gasteiger partial charge in [-0.25, -0.2) is 8.42 Å². The zero-order valence-corrected chi connectivity index (χ0v) is 15.5. The molecule has 7 heteroatoms. The molecule has 0 aliphatic heterocycles. The second kappa shape index (κ2) is 8.37. The van der Waals surface area contributed by atoms with Crippen LogP contribution in [0, 0.1) is 0 Å². The summed E-state index contributed by atoms with van der Waals surface area (Å²) in [5.41, 5.74) is 5.09. The third-order valence-electron chi connectivity index (χ3n) is 3.71. The third-order valence-corrected chi connectivity index (χ3v) is 5.11. The molecule has 6 nitrogen and oxygen atoms in total. The SMILES string of the molecule is COc1ccc(S(=O)(=O)Nc2ccc(N/N=C/c3ccccc3)cc2)cc1. The Hall–Kier alpha value is -3.32. The van der Waals surface area contributed by atoms with E-state index in [1.807, 2.05) is 30.3 Å². The number of hydrazone groups is 1. The van der Waals surface area contributed by atoms with Crippen LogP contribution in [0.2, 0.25) is 0 Å². The predicted molar refractivity (Wildman–Crippen MR) is 108 cm³/mol. The van der Waals surface area contributed by atoms with Crippen LogP contribution >= 0.6 is 0 Å². The monoisotopic (exact) mass is 381 g/mol. The van der Waals surface area contributed by atoms with Crippen molar-refractivity contribution < 1.29 is 13.2 Å². The van der Waals surface area contributed by atoms with E-state index < -0.39 is 10.0 Å². The van der Waals surface area contributed by atoms with Crippen molar-refractivity contribution in [2.75, 3.05) is 17.3 Å². The average molecular weight is 381 g/mol. The van der Waals surface area contributed by atoms with Gasteiger partial charge in [0, 0.05) is 5.69 Å². The van der Waals surface area contributed by atoms with Crippen molar-refractivity contribution in [3.63, 3.8) is 0 Å². The quantitative estimate of drug-likeness (QED) is 0.480. The van der Waals surface area contributed by atoms with Gasteiger partial charge in [0.1, 0.15) is 5.75 Å². The molecule has 27 heavy (non-hydrogen) atoms. The van der Waals surface area contributed by atoms with E-state index in [2.05, 4.69) is 15.2 Å². The molecule has 138 valence electrons. The van der Waals surface area contributed by atoms with E-state index in [-0.39, 0.29) is 4.90 Å². The van der Waals surface area contributed by atoms with Crippen LogP contribution in [0.5, 0.6) is 5.75 Å². The summed E-state index contributed by atoms with van der Waals surface area (Å²) in [5, 5.41) is 4.15. The summed E-state index contributed by atoms with van der Waals surface area (Å²) in [6.07, 6.45) is 1.71. The van der Waals surface area contributed by atoms with Crippen molar-refractivity contribution in [1.82, 2.24) is 0 Å². The third kappa shape index (κ3) is 5.08. The number of nitrogens with zero attached hydrogens (tertiary/aromatic N) is 1. The van der Waals surface area contributed by atoms with Crippen LogP contribution in [0.3, 0.4) is 0 Å². The zero-order valence-electron chi connectivity index (χ0n) is 14.7. The lowest BCUT2D eigenvalue weighted by Crippen LogP contribution is -2.12. The van der Waals surface area contributed by atoms with Crippen molar-refractivity contribution in [3.05, 3.63) is 84.4 Å². The number of nitrogens with one attached hydrogen (secondary N) is 2. The van der Waals surface area contributed by atoms with Gasteiger partial charge in [-0.05, 0) is 54.1 Å². The summed E-state index contributed by atoms with van der Waals surface area (Å²) < 4.78 is 32.4. The fourth-order valence-corrected chi connectivity index (χ4v) is 3.36. The minimum Gasteiger partial charge on any atom is -0.497 e. The van der Waals surface area contributed by atoms with Gasteiger partial charge in [-0.15, -0.1) is 0 Å². The summed E-state index contributed by atoms with van der Waals surface area (Å²) in [6.45, 7) is 0. The standard InChI is InChI=1S/C20H19N3O3S/c1-26-19-11-13-20(14-12-19)27(24,25)23-18-9-7-17(8-10-18)22-21-15-16-5-3-2-4-6-16/h2-15,22-23H,1H3/b21-15+. The van der Waals surface area contributed by atoms with E-state index >= 15 is 0 Å². The predicted octanol–water partition coefficient (Wildman–Crippen LogP) is 3.94. The molecule has 0 atom stereocenters. The minimum absolute atomic E-state index is 0.165. The van der Waals surface area contributed by atoms with Crippen LogP contribution in [0.1, 0.15) is 5.56 Å². The Balaban J connectivity index is 1.63. The molecule has 0 saturated carbocycles. The Kier molecular flexibility index (Phi) is 5.73. The molecule has 0 fully saturated rings. The van der Waals surface area contributed by atoms with E-state index in [4.69, 9.17) is 4.74 Å². The maximum Gasteiger partial charge on any atom is 0.261 e. The van der Waals surface area contributed by atoms with Gasteiger partial charge in [0.15, 0.2) is 0 Å². The minimum atomic E-state index is -3.66. The van der Waals surface area contributed by atoms with Crippen LogP contribution in [0.15, 0.2) is 88.9 Å². The van der Waals surface area contributed by atoms with Gasteiger partial charge >= 0.3 is 0 Å². The molecule has 3 aromatic carbocycles. The summed E-state index contributed by atoms with van der Waals surface area (Å²) >= 11 is 0. The Labute approximate surface area is 158 Å². The second-order valence-corrected chi connectivity index (χ2v) is 7.32. The Morgan fingerprint density at radius 3 is 2.11 bits per heavy atom. The number of rotatable bonds is 7. The normalized spacial score (nSPS) is 11.3. The highest BCUT2D eigenvalue weighted by Gasteiger charge is 2.14. The summed E-state index contributed by atoms with van der Waals surface area (Å²) in [5.74, 6) is 0.598. The van der Waals surface area contributed by atoms with E-state index in [0.717, 1.165) is 11.3 Å². The molecule has 0 aliphatic carbocycles. The van der Waals surface area contributed by atoms with Crippen molar-refractivity contribution in [3.8, 4) is 5.75 Å². The van der Waals surface area contributed by atoms with Crippen LogP contribution in [0.25, 0.3) is 0 Å². The second-order valence-electron chi connectivity index (χ2n) is 5.64. The maximum atomic E-state index is 12.4. The van der Waals surface area contributed by atoms with E-state index in [0.29, 0.717) is 11.4 Å². The molecule has 0 saturated heterocycles.